The molecule has 1 aromatic rings. The van der Waals surface area contributed by atoms with Crippen LogP contribution in [0.15, 0.2) is 24.3 Å². The summed E-state index contributed by atoms with van der Waals surface area (Å²) in [5.41, 5.74) is 2.76. The Hall–Kier alpha value is -1.02. The SMILES string of the molecule is CCNC(C)c1ccc(N2CC(C)CC(C)C2)cc1. The molecule has 1 aromatic carbocycles. The van der Waals surface area contributed by atoms with E-state index in [0.29, 0.717) is 6.04 Å². The molecular formula is C17H28N2. The Morgan fingerprint density at radius 2 is 1.74 bits per heavy atom. The molecule has 0 saturated carbocycles. The van der Waals surface area contributed by atoms with Crippen molar-refractivity contribution in [3.63, 3.8) is 0 Å². The highest BCUT2D eigenvalue weighted by Gasteiger charge is 2.21. The van der Waals surface area contributed by atoms with Crippen molar-refractivity contribution in [3.8, 4) is 0 Å². The van der Waals surface area contributed by atoms with Gasteiger partial charge in [-0.2, -0.15) is 0 Å². The van der Waals surface area contributed by atoms with Crippen LogP contribution in [0.3, 0.4) is 0 Å². The molecule has 0 amide bonds. The van der Waals surface area contributed by atoms with Gasteiger partial charge in [-0.3, -0.25) is 0 Å². The van der Waals surface area contributed by atoms with Crippen molar-refractivity contribution >= 4 is 5.69 Å². The van der Waals surface area contributed by atoms with Gasteiger partial charge in [0.05, 0.1) is 0 Å². The summed E-state index contributed by atoms with van der Waals surface area (Å²) in [5.74, 6) is 1.62. The fraction of sp³-hybridized carbons (Fsp3) is 0.647. The molecule has 3 unspecified atom stereocenters. The smallest absolute Gasteiger partial charge is 0.0366 e. The van der Waals surface area contributed by atoms with Gasteiger partial charge in [0.1, 0.15) is 0 Å². The maximum Gasteiger partial charge on any atom is 0.0366 e. The van der Waals surface area contributed by atoms with Gasteiger partial charge >= 0.3 is 0 Å². The minimum absolute atomic E-state index is 0.443. The number of rotatable bonds is 4. The first-order valence-electron chi connectivity index (χ1n) is 7.68. The van der Waals surface area contributed by atoms with Crippen molar-refractivity contribution in [1.29, 1.82) is 0 Å². The second-order valence-electron chi connectivity index (χ2n) is 6.22. The predicted molar refractivity (Wildman–Crippen MR) is 83.7 cm³/mol. The molecule has 3 atom stereocenters. The van der Waals surface area contributed by atoms with E-state index in [0.717, 1.165) is 18.4 Å². The zero-order chi connectivity index (χ0) is 13.8. The molecule has 19 heavy (non-hydrogen) atoms. The van der Waals surface area contributed by atoms with E-state index < -0.39 is 0 Å². The summed E-state index contributed by atoms with van der Waals surface area (Å²) in [7, 11) is 0. The number of anilines is 1. The van der Waals surface area contributed by atoms with Crippen LogP contribution >= 0.6 is 0 Å². The van der Waals surface area contributed by atoms with E-state index in [1.807, 2.05) is 0 Å². The highest BCUT2D eigenvalue weighted by Crippen LogP contribution is 2.27. The Morgan fingerprint density at radius 1 is 1.16 bits per heavy atom. The topological polar surface area (TPSA) is 15.3 Å². The lowest BCUT2D eigenvalue weighted by molar-refractivity contribution is 0.357. The molecule has 0 bridgehead atoms. The lowest BCUT2D eigenvalue weighted by Crippen LogP contribution is -2.38. The van der Waals surface area contributed by atoms with Crippen LogP contribution in [0.4, 0.5) is 5.69 Å². The van der Waals surface area contributed by atoms with E-state index >= 15 is 0 Å². The van der Waals surface area contributed by atoms with Gasteiger partial charge < -0.3 is 10.2 Å². The number of nitrogens with zero attached hydrogens (tertiary/aromatic N) is 1. The van der Waals surface area contributed by atoms with Gasteiger partial charge in [0, 0.05) is 24.8 Å². The third-order valence-corrected chi connectivity index (χ3v) is 4.14. The second-order valence-corrected chi connectivity index (χ2v) is 6.22. The van der Waals surface area contributed by atoms with E-state index in [-0.39, 0.29) is 0 Å². The van der Waals surface area contributed by atoms with Crippen LogP contribution < -0.4 is 10.2 Å². The zero-order valence-electron chi connectivity index (χ0n) is 12.8. The average molecular weight is 260 g/mol. The van der Waals surface area contributed by atoms with Crippen LogP contribution in [0.1, 0.15) is 45.7 Å². The van der Waals surface area contributed by atoms with Crippen molar-refractivity contribution in [1.82, 2.24) is 5.32 Å². The van der Waals surface area contributed by atoms with Crippen LogP contribution in [-0.2, 0) is 0 Å². The van der Waals surface area contributed by atoms with Gasteiger partial charge in [-0.1, -0.05) is 32.9 Å². The van der Waals surface area contributed by atoms with Gasteiger partial charge in [-0.05, 0) is 49.4 Å². The molecule has 0 spiro atoms. The molecule has 2 nitrogen and oxygen atoms in total. The number of nitrogens with one attached hydrogen (secondary N) is 1. The minimum Gasteiger partial charge on any atom is -0.371 e. The highest BCUT2D eigenvalue weighted by molar-refractivity contribution is 5.48. The minimum atomic E-state index is 0.443. The molecule has 1 saturated heterocycles. The third kappa shape index (κ3) is 3.73. The molecule has 2 rings (SSSR count). The van der Waals surface area contributed by atoms with E-state index in [4.69, 9.17) is 0 Å². The van der Waals surface area contributed by atoms with E-state index in [2.05, 4.69) is 62.2 Å². The summed E-state index contributed by atoms with van der Waals surface area (Å²) in [6.07, 6.45) is 1.37. The Morgan fingerprint density at radius 3 is 2.26 bits per heavy atom. The van der Waals surface area contributed by atoms with Crippen molar-refractivity contribution in [3.05, 3.63) is 29.8 Å². The first kappa shape index (κ1) is 14.4. The van der Waals surface area contributed by atoms with Crippen LogP contribution in [0.2, 0.25) is 0 Å². The monoisotopic (exact) mass is 260 g/mol. The Balaban J connectivity index is 2.05. The van der Waals surface area contributed by atoms with Crippen LogP contribution in [0, 0.1) is 11.8 Å². The van der Waals surface area contributed by atoms with Gasteiger partial charge in [-0.25, -0.2) is 0 Å². The number of piperidine rings is 1. The maximum atomic E-state index is 3.46. The lowest BCUT2D eigenvalue weighted by Gasteiger charge is -2.36. The molecule has 1 aliphatic heterocycles. The molecule has 2 heteroatoms. The molecule has 1 N–H and O–H groups in total. The van der Waals surface area contributed by atoms with E-state index in [1.165, 1.54) is 30.8 Å². The number of benzene rings is 1. The summed E-state index contributed by atoms with van der Waals surface area (Å²) in [4.78, 5) is 2.54. The molecule has 0 aliphatic carbocycles. The van der Waals surface area contributed by atoms with Crippen LogP contribution in [0.5, 0.6) is 0 Å². The average Bonchev–Trinajstić information content (AvgIpc) is 2.38. The first-order chi connectivity index (χ1) is 9.10. The summed E-state index contributed by atoms with van der Waals surface area (Å²) in [5, 5.41) is 3.46. The highest BCUT2D eigenvalue weighted by atomic mass is 15.1. The summed E-state index contributed by atoms with van der Waals surface area (Å²) >= 11 is 0. The fourth-order valence-electron chi connectivity index (χ4n) is 3.27. The van der Waals surface area contributed by atoms with Crippen molar-refractivity contribution in [2.75, 3.05) is 24.5 Å². The van der Waals surface area contributed by atoms with Gasteiger partial charge in [0.15, 0.2) is 0 Å². The maximum absolute atomic E-state index is 3.46. The van der Waals surface area contributed by atoms with Crippen LogP contribution in [-0.4, -0.2) is 19.6 Å². The van der Waals surface area contributed by atoms with Gasteiger partial charge in [-0.15, -0.1) is 0 Å². The molecule has 1 aliphatic rings. The van der Waals surface area contributed by atoms with Gasteiger partial charge in [0.25, 0.3) is 0 Å². The summed E-state index contributed by atoms with van der Waals surface area (Å²) in [6.45, 7) is 12.5. The molecule has 106 valence electrons. The van der Waals surface area contributed by atoms with Gasteiger partial charge in [0.2, 0.25) is 0 Å². The first-order valence-corrected chi connectivity index (χ1v) is 7.68. The fourth-order valence-corrected chi connectivity index (χ4v) is 3.27. The summed E-state index contributed by atoms with van der Waals surface area (Å²) < 4.78 is 0. The third-order valence-electron chi connectivity index (χ3n) is 4.14. The number of hydrogen-bond acceptors (Lipinski definition) is 2. The molecular weight excluding hydrogens is 232 g/mol. The standard InChI is InChI=1S/C17H28N2/c1-5-18-15(4)16-6-8-17(9-7-16)19-11-13(2)10-14(3)12-19/h6-9,13-15,18H,5,10-12H2,1-4H3. The normalized spacial score (nSPS) is 25.4. The largest absolute Gasteiger partial charge is 0.371 e. The van der Waals surface area contributed by atoms with Crippen molar-refractivity contribution < 1.29 is 0 Å². The Bertz CT molecular complexity index is 375. The quantitative estimate of drug-likeness (QED) is 0.885. The van der Waals surface area contributed by atoms with Crippen molar-refractivity contribution in [2.24, 2.45) is 11.8 Å². The Labute approximate surface area is 118 Å². The molecule has 0 radical (unpaired) electrons. The van der Waals surface area contributed by atoms with Crippen molar-refractivity contribution in [2.45, 2.75) is 40.2 Å². The number of hydrogen-bond donors (Lipinski definition) is 1. The molecule has 1 fully saturated rings. The lowest BCUT2D eigenvalue weighted by atomic mass is 9.91. The Kier molecular flexibility index (Phi) is 4.87. The second kappa shape index (κ2) is 6.42. The molecule has 0 aromatic heterocycles. The summed E-state index contributed by atoms with van der Waals surface area (Å²) in [6, 6.07) is 9.55. The predicted octanol–water partition coefficient (Wildman–Crippen LogP) is 3.84. The molecule has 1 heterocycles. The van der Waals surface area contributed by atoms with Crippen LogP contribution in [0.25, 0.3) is 0 Å². The van der Waals surface area contributed by atoms with E-state index in [9.17, 15) is 0 Å². The van der Waals surface area contributed by atoms with E-state index in [1.54, 1.807) is 0 Å². The zero-order valence-corrected chi connectivity index (χ0v) is 12.8.